The van der Waals surface area contributed by atoms with Gasteiger partial charge in [-0.15, -0.1) is 0 Å². The topological polar surface area (TPSA) is 89.9 Å². The third kappa shape index (κ3) is 6.05. The summed E-state index contributed by atoms with van der Waals surface area (Å²) in [5.41, 5.74) is 1.91. The van der Waals surface area contributed by atoms with E-state index in [1.165, 1.54) is 20.3 Å². The van der Waals surface area contributed by atoms with Crippen molar-refractivity contribution in [3.8, 4) is 0 Å². The van der Waals surface area contributed by atoms with Crippen LogP contribution in [0.4, 0.5) is 0 Å². The fraction of sp³-hybridized carbons (Fsp3) is 0.167. The van der Waals surface area contributed by atoms with Crippen LogP contribution in [0, 0.1) is 0 Å². The number of aliphatic hydroxyl groups is 1. The highest BCUT2D eigenvalue weighted by Crippen LogP contribution is 2.19. The van der Waals surface area contributed by atoms with Gasteiger partial charge in [-0.2, -0.15) is 0 Å². The summed E-state index contributed by atoms with van der Waals surface area (Å²) < 4.78 is 10.5. The second-order valence-electron chi connectivity index (χ2n) is 4.80. The molecule has 0 aliphatic rings. The highest BCUT2D eigenvalue weighted by Gasteiger charge is 2.08. The second-order valence-corrected chi connectivity index (χ2v) is 6.51. The monoisotopic (exact) mass is 486 g/mol. The largest absolute Gasteiger partial charge is 0.465 e. The highest BCUT2D eigenvalue weighted by atomic mass is 79.9. The van der Waals surface area contributed by atoms with Crippen LogP contribution in [0.5, 0.6) is 0 Å². The number of ether oxygens (including phenoxy) is 2. The summed E-state index contributed by atoms with van der Waals surface area (Å²) in [7, 11) is 2.62. The van der Waals surface area contributed by atoms with Crippen LogP contribution in [0.15, 0.2) is 45.3 Å². The Morgan fingerprint density at radius 3 is 1.92 bits per heavy atom. The van der Waals surface area contributed by atoms with Gasteiger partial charge in [-0.05, 0) is 42.0 Å². The average Bonchev–Trinajstić information content (AvgIpc) is 2.68. The fourth-order valence-electron chi connectivity index (χ4n) is 1.82. The van der Waals surface area contributed by atoms with Crippen molar-refractivity contribution in [3.05, 3.63) is 67.6 Å². The number of hydrogen-bond donors (Lipinski definition) is 1. The number of carbonyl (C=O) groups is 3. The smallest absolute Gasteiger partial charge is 0.337 e. The van der Waals surface area contributed by atoms with E-state index in [-0.39, 0.29) is 6.61 Å². The van der Waals surface area contributed by atoms with E-state index in [0.717, 1.165) is 4.47 Å². The summed E-state index contributed by atoms with van der Waals surface area (Å²) in [6, 6.07) is 9.63. The van der Waals surface area contributed by atoms with E-state index in [2.05, 4.69) is 41.3 Å². The van der Waals surface area contributed by atoms with Crippen molar-refractivity contribution in [2.45, 2.75) is 6.61 Å². The molecule has 8 heteroatoms. The third-order valence-corrected chi connectivity index (χ3v) is 4.68. The predicted octanol–water partition coefficient (Wildman–Crippen LogP) is 3.78. The lowest BCUT2D eigenvalue weighted by atomic mass is 10.1. The Labute approximate surface area is 167 Å². The minimum absolute atomic E-state index is 0.106. The van der Waals surface area contributed by atoms with Gasteiger partial charge in [-0.1, -0.05) is 31.9 Å². The van der Waals surface area contributed by atoms with Crippen LogP contribution in [0.3, 0.4) is 0 Å². The molecule has 26 heavy (non-hydrogen) atoms. The third-order valence-electron chi connectivity index (χ3n) is 3.18. The van der Waals surface area contributed by atoms with Crippen molar-refractivity contribution in [1.29, 1.82) is 0 Å². The standard InChI is InChI=1S/C9H9BrO3.C9H7BrO3/c2*1-13-9(12)6-2-3-8(10)7(4-6)5-11/h2-4,11H,5H2,1H3;2-5H,1H3. The molecule has 0 heterocycles. The number of halogens is 2. The lowest BCUT2D eigenvalue weighted by molar-refractivity contribution is 0.0591. The minimum Gasteiger partial charge on any atom is -0.465 e. The molecule has 2 rings (SSSR count). The SMILES string of the molecule is COC(=O)c1ccc(Br)c(C=O)c1.COC(=O)c1ccc(Br)c(CO)c1. The molecule has 2 aromatic carbocycles. The van der Waals surface area contributed by atoms with Crippen LogP contribution in [-0.4, -0.2) is 37.6 Å². The zero-order valence-corrected chi connectivity index (χ0v) is 17.2. The van der Waals surface area contributed by atoms with Gasteiger partial charge in [-0.3, -0.25) is 4.79 Å². The van der Waals surface area contributed by atoms with Crippen molar-refractivity contribution >= 4 is 50.1 Å². The predicted molar refractivity (Wildman–Crippen MR) is 102 cm³/mol. The molecular weight excluding hydrogens is 472 g/mol. The molecule has 0 spiro atoms. The van der Waals surface area contributed by atoms with Gasteiger partial charge in [0.2, 0.25) is 0 Å². The molecule has 0 unspecified atom stereocenters. The van der Waals surface area contributed by atoms with Gasteiger partial charge < -0.3 is 14.6 Å². The highest BCUT2D eigenvalue weighted by molar-refractivity contribution is 9.10. The molecule has 1 N–H and O–H groups in total. The molecule has 0 aliphatic carbocycles. The maximum atomic E-state index is 11.1. The van der Waals surface area contributed by atoms with E-state index >= 15 is 0 Å². The molecule has 0 bridgehead atoms. The number of rotatable bonds is 4. The Bertz CT molecular complexity index is 804. The second kappa shape index (κ2) is 10.8. The van der Waals surface area contributed by atoms with E-state index in [4.69, 9.17) is 5.11 Å². The first-order valence-electron chi connectivity index (χ1n) is 7.18. The van der Waals surface area contributed by atoms with Crippen LogP contribution in [0.1, 0.15) is 36.6 Å². The summed E-state index contributed by atoms with van der Waals surface area (Å²) in [4.78, 5) is 32.6. The summed E-state index contributed by atoms with van der Waals surface area (Å²) in [5, 5.41) is 8.92. The lowest BCUT2D eigenvalue weighted by Gasteiger charge is -2.03. The van der Waals surface area contributed by atoms with Crippen molar-refractivity contribution < 1.29 is 29.0 Å². The Hall–Kier alpha value is -2.03. The maximum absolute atomic E-state index is 11.1. The molecule has 138 valence electrons. The molecule has 0 radical (unpaired) electrons. The van der Waals surface area contributed by atoms with E-state index in [0.29, 0.717) is 33.0 Å². The van der Waals surface area contributed by atoms with Gasteiger partial charge >= 0.3 is 11.9 Å². The van der Waals surface area contributed by atoms with Crippen molar-refractivity contribution in [1.82, 2.24) is 0 Å². The van der Waals surface area contributed by atoms with Gasteiger partial charge in [0.15, 0.2) is 6.29 Å². The Kier molecular flexibility index (Phi) is 9.18. The van der Waals surface area contributed by atoms with Crippen molar-refractivity contribution in [3.63, 3.8) is 0 Å². The number of benzene rings is 2. The minimum atomic E-state index is -0.449. The van der Waals surface area contributed by atoms with Crippen molar-refractivity contribution in [2.24, 2.45) is 0 Å². The maximum Gasteiger partial charge on any atom is 0.337 e. The van der Waals surface area contributed by atoms with Crippen molar-refractivity contribution in [2.75, 3.05) is 14.2 Å². The van der Waals surface area contributed by atoms with Crippen LogP contribution in [0.2, 0.25) is 0 Å². The summed E-state index contributed by atoms with van der Waals surface area (Å²) >= 11 is 6.43. The van der Waals surface area contributed by atoms with E-state index in [1.54, 1.807) is 30.3 Å². The average molecular weight is 488 g/mol. The molecule has 0 saturated heterocycles. The lowest BCUT2D eigenvalue weighted by Crippen LogP contribution is -2.02. The van der Waals surface area contributed by atoms with Crippen LogP contribution < -0.4 is 0 Å². The molecule has 2 aromatic rings. The van der Waals surface area contributed by atoms with Gasteiger partial charge in [0.1, 0.15) is 0 Å². The Morgan fingerprint density at radius 2 is 1.46 bits per heavy atom. The quantitative estimate of drug-likeness (QED) is 0.521. The number of aliphatic hydroxyl groups excluding tert-OH is 1. The van der Waals surface area contributed by atoms with E-state index < -0.39 is 11.9 Å². The van der Waals surface area contributed by atoms with E-state index in [1.807, 2.05) is 0 Å². The number of esters is 2. The van der Waals surface area contributed by atoms with Crippen LogP contribution in [0.25, 0.3) is 0 Å². The molecule has 0 aliphatic heterocycles. The van der Waals surface area contributed by atoms with Crippen LogP contribution >= 0.6 is 31.9 Å². The normalized spacial score (nSPS) is 9.58. The number of aldehydes is 1. The summed E-state index contributed by atoms with van der Waals surface area (Å²) in [6.45, 7) is -0.106. The molecule has 0 aromatic heterocycles. The first-order chi connectivity index (χ1) is 12.4. The first kappa shape index (κ1) is 22.0. The van der Waals surface area contributed by atoms with Gasteiger partial charge in [0.05, 0.1) is 32.0 Å². The number of methoxy groups -OCH3 is 2. The Balaban J connectivity index is 0.000000260. The molecular formula is C18H16Br2O6. The van der Waals surface area contributed by atoms with Gasteiger partial charge in [-0.25, -0.2) is 9.59 Å². The molecule has 0 atom stereocenters. The molecule has 6 nitrogen and oxygen atoms in total. The fourth-order valence-corrected chi connectivity index (χ4v) is 2.53. The molecule has 0 amide bonds. The summed E-state index contributed by atoms with van der Waals surface area (Å²) in [5.74, 6) is -0.849. The zero-order valence-electron chi connectivity index (χ0n) is 14.0. The van der Waals surface area contributed by atoms with Crippen LogP contribution in [-0.2, 0) is 16.1 Å². The Morgan fingerprint density at radius 1 is 0.962 bits per heavy atom. The molecule has 0 saturated carbocycles. The van der Waals surface area contributed by atoms with Gasteiger partial charge in [0.25, 0.3) is 0 Å². The molecule has 0 fully saturated rings. The van der Waals surface area contributed by atoms with Gasteiger partial charge in [0, 0.05) is 14.5 Å². The zero-order chi connectivity index (χ0) is 19.7. The number of hydrogen-bond acceptors (Lipinski definition) is 6. The first-order valence-corrected chi connectivity index (χ1v) is 8.77. The summed E-state index contributed by atoms with van der Waals surface area (Å²) in [6.07, 6.45) is 0.677. The number of carbonyl (C=O) groups excluding carboxylic acids is 3. The van der Waals surface area contributed by atoms with E-state index in [9.17, 15) is 14.4 Å².